The number of anilines is 1. The lowest BCUT2D eigenvalue weighted by Crippen LogP contribution is -2.19. The monoisotopic (exact) mass is 357 g/mol. The number of halogens is 2. The van der Waals surface area contributed by atoms with Gasteiger partial charge in [-0.1, -0.05) is 27.5 Å². The number of rotatable bonds is 3. The van der Waals surface area contributed by atoms with Gasteiger partial charge in [0.25, 0.3) is 5.91 Å². The zero-order valence-corrected chi connectivity index (χ0v) is 12.6. The predicted molar refractivity (Wildman–Crippen MR) is 77.3 cm³/mol. The molecule has 0 aliphatic carbocycles. The van der Waals surface area contributed by atoms with Gasteiger partial charge in [0.15, 0.2) is 0 Å². The van der Waals surface area contributed by atoms with E-state index >= 15 is 0 Å². The van der Waals surface area contributed by atoms with Crippen LogP contribution in [0.25, 0.3) is 0 Å². The van der Waals surface area contributed by atoms with Crippen LogP contribution in [0.5, 0.6) is 0 Å². The molecular weight excluding hydrogens is 350 g/mol. The molecule has 0 fully saturated rings. The molecule has 1 aromatic carbocycles. The predicted octanol–water partition coefficient (Wildman–Crippen LogP) is 2.79. The highest BCUT2D eigenvalue weighted by molar-refractivity contribution is 9.10. The number of carboxylic acid groups (broad SMARTS) is 1. The summed E-state index contributed by atoms with van der Waals surface area (Å²) in [7, 11) is 1.49. The van der Waals surface area contributed by atoms with Gasteiger partial charge in [-0.15, -0.1) is 0 Å². The molecular formula is C12H9BrClN3O3. The summed E-state index contributed by atoms with van der Waals surface area (Å²) in [4.78, 5) is 23.2. The summed E-state index contributed by atoms with van der Waals surface area (Å²) < 4.78 is 1.97. The van der Waals surface area contributed by atoms with Crippen LogP contribution in [-0.4, -0.2) is 26.8 Å². The van der Waals surface area contributed by atoms with Crippen LogP contribution in [0.15, 0.2) is 28.9 Å². The van der Waals surface area contributed by atoms with Crippen molar-refractivity contribution in [2.45, 2.75) is 0 Å². The number of hydrogen-bond acceptors (Lipinski definition) is 3. The second-order valence-electron chi connectivity index (χ2n) is 3.91. The fourth-order valence-corrected chi connectivity index (χ4v) is 2.36. The smallest absolute Gasteiger partial charge is 0.339 e. The first kappa shape index (κ1) is 14.5. The van der Waals surface area contributed by atoms with Gasteiger partial charge >= 0.3 is 5.97 Å². The average molecular weight is 359 g/mol. The topological polar surface area (TPSA) is 84.2 Å². The third-order valence-electron chi connectivity index (χ3n) is 2.56. The summed E-state index contributed by atoms with van der Waals surface area (Å²) in [6.07, 6.45) is 1.13. The van der Waals surface area contributed by atoms with E-state index in [0.29, 0.717) is 10.7 Å². The largest absolute Gasteiger partial charge is 0.478 e. The molecule has 2 aromatic rings. The molecule has 1 amide bonds. The molecule has 8 heteroatoms. The van der Waals surface area contributed by atoms with Crippen LogP contribution in [0.1, 0.15) is 20.8 Å². The van der Waals surface area contributed by atoms with Gasteiger partial charge in [0, 0.05) is 11.5 Å². The minimum atomic E-state index is -1.22. The van der Waals surface area contributed by atoms with E-state index in [0.717, 1.165) is 10.7 Å². The summed E-state index contributed by atoms with van der Waals surface area (Å²) in [5.74, 6) is -1.81. The SMILES string of the molecule is Cn1ncc(C(=O)O)c1C(=O)Nc1ccc(Br)cc1Cl. The third kappa shape index (κ3) is 2.83. The summed E-state index contributed by atoms with van der Waals surface area (Å²) in [6, 6.07) is 4.95. The quantitative estimate of drug-likeness (QED) is 0.883. The molecule has 0 saturated heterocycles. The van der Waals surface area contributed by atoms with Crippen molar-refractivity contribution in [3.05, 3.63) is 45.1 Å². The summed E-state index contributed by atoms with van der Waals surface area (Å²) in [6.45, 7) is 0. The van der Waals surface area contributed by atoms with E-state index in [1.165, 1.54) is 11.7 Å². The number of nitrogens with one attached hydrogen (secondary N) is 1. The van der Waals surface area contributed by atoms with E-state index in [1.54, 1.807) is 18.2 Å². The number of benzene rings is 1. The molecule has 0 radical (unpaired) electrons. The first-order chi connectivity index (χ1) is 9.40. The number of carbonyl (C=O) groups is 2. The minimum absolute atomic E-state index is 0.0449. The van der Waals surface area contributed by atoms with Crippen molar-refractivity contribution in [1.82, 2.24) is 9.78 Å². The van der Waals surface area contributed by atoms with Crippen molar-refractivity contribution >= 4 is 45.1 Å². The van der Waals surface area contributed by atoms with Crippen LogP contribution in [-0.2, 0) is 7.05 Å². The number of aromatic carboxylic acids is 1. The Morgan fingerprint density at radius 2 is 2.15 bits per heavy atom. The fourth-order valence-electron chi connectivity index (χ4n) is 1.64. The van der Waals surface area contributed by atoms with E-state index in [9.17, 15) is 9.59 Å². The number of carboxylic acids is 1. The molecule has 0 atom stereocenters. The number of aromatic nitrogens is 2. The number of hydrogen-bond donors (Lipinski definition) is 2. The van der Waals surface area contributed by atoms with E-state index in [4.69, 9.17) is 16.7 Å². The second kappa shape index (κ2) is 5.64. The van der Waals surface area contributed by atoms with Gasteiger partial charge in [0.05, 0.1) is 16.9 Å². The zero-order chi connectivity index (χ0) is 14.9. The van der Waals surface area contributed by atoms with E-state index in [-0.39, 0.29) is 11.3 Å². The molecule has 20 heavy (non-hydrogen) atoms. The molecule has 2 N–H and O–H groups in total. The molecule has 0 unspecified atom stereocenters. The lowest BCUT2D eigenvalue weighted by molar-refractivity contribution is 0.0692. The maximum absolute atomic E-state index is 12.2. The van der Waals surface area contributed by atoms with Crippen LogP contribution < -0.4 is 5.32 Å². The Bertz CT molecular complexity index is 699. The van der Waals surface area contributed by atoms with Gasteiger partial charge in [-0.3, -0.25) is 9.48 Å². The maximum Gasteiger partial charge on any atom is 0.339 e. The zero-order valence-electron chi connectivity index (χ0n) is 10.2. The third-order valence-corrected chi connectivity index (χ3v) is 3.37. The summed E-state index contributed by atoms with van der Waals surface area (Å²) >= 11 is 9.25. The fraction of sp³-hybridized carbons (Fsp3) is 0.0833. The highest BCUT2D eigenvalue weighted by Crippen LogP contribution is 2.26. The Hall–Kier alpha value is -1.86. The Morgan fingerprint density at radius 3 is 2.75 bits per heavy atom. The lowest BCUT2D eigenvalue weighted by Gasteiger charge is -2.08. The first-order valence-corrected chi connectivity index (χ1v) is 6.59. The van der Waals surface area contributed by atoms with Crippen LogP contribution in [0, 0.1) is 0 Å². The number of carbonyl (C=O) groups excluding carboxylic acids is 1. The molecule has 1 heterocycles. The number of amides is 1. The van der Waals surface area contributed by atoms with Gasteiger partial charge < -0.3 is 10.4 Å². The van der Waals surface area contributed by atoms with Crippen molar-refractivity contribution in [3.8, 4) is 0 Å². The van der Waals surface area contributed by atoms with Crippen molar-refractivity contribution < 1.29 is 14.7 Å². The molecule has 2 rings (SSSR count). The number of nitrogens with zero attached hydrogens (tertiary/aromatic N) is 2. The van der Waals surface area contributed by atoms with Crippen LogP contribution in [0.3, 0.4) is 0 Å². The van der Waals surface area contributed by atoms with E-state index in [2.05, 4.69) is 26.3 Å². The van der Waals surface area contributed by atoms with Gasteiger partial charge in [0.2, 0.25) is 0 Å². The van der Waals surface area contributed by atoms with Crippen molar-refractivity contribution in [1.29, 1.82) is 0 Å². The van der Waals surface area contributed by atoms with Crippen molar-refractivity contribution in [2.75, 3.05) is 5.32 Å². The Kier molecular flexibility index (Phi) is 4.10. The maximum atomic E-state index is 12.2. The lowest BCUT2D eigenvalue weighted by atomic mass is 10.2. The molecule has 0 bridgehead atoms. The average Bonchev–Trinajstić information content (AvgIpc) is 2.75. The van der Waals surface area contributed by atoms with Crippen molar-refractivity contribution in [3.63, 3.8) is 0 Å². The molecule has 0 aliphatic rings. The van der Waals surface area contributed by atoms with Crippen LogP contribution >= 0.6 is 27.5 Å². The number of aryl methyl sites for hydroxylation is 1. The Labute approximate surface area is 127 Å². The normalized spacial score (nSPS) is 10.3. The minimum Gasteiger partial charge on any atom is -0.478 e. The Balaban J connectivity index is 2.33. The van der Waals surface area contributed by atoms with Crippen LogP contribution in [0.4, 0.5) is 5.69 Å². The van der Waals surface area contributed by atoms with Gasteiger partial charge in [-0.05, 0) is 18.2 Å². The Morgan fingerprint density at radius 1 is 1.45 bits per heavy atom. The van der Waals surface area contributed by atoms with E-state index in [1.807, 2.05) is 0 Å². The molecule has 0 aliphatic heterocycles. The highest BCUT2D eigenvalue weighted by atomic mass is 79.9. The molecule has 0 spiro atoms. The molecule has 6 nitrogen and oxygen atoms in total. The van der Waals surface area contributed by atoms with Crippen LogP contribution in [0.2, 0.25) is 5.02 Å². The molecule has 0 saturated carbocycles. The highest BCUT2D eigenvalue weighted by Gasteiger charge is 2.22. The summed E-state index contributed by atoms with van der Waals surface area (Å²) in [5, 5.41) is 15.7. The first-order valence-electron chi connectivity index (χ1n) is 5.42. The van der Waals surface area contributed by atoms with Gasteiger partial charge in [-0.25, -0.2) is 4.79 Å². The second-order valence-corrected chi connectivity index (χ2v) is 5.24. The standard InChI is InChI=1S/C12H9BrClN3O3/c1-17-10(7(5-15-17)12(19)20)11(18)16-9-3-2-6(13)4-8(9)14/h2-5H,1H3,(H,16,18)(H,19,20). The van der Waals surface area contributed by atoms with Gasteiger partial charge in [-0.2, -0.15) is 5.10 Å². The molecule has 1 aromatic heterocycles. The van der Waals surface area contributed by atoms with Gasteiger partial charge in [0.1, 0.15) is 11.3 Å². The molecule has 104 valence electrons. The van der Waals surface area contributed by atoms with Crippen molar-refractivity contribution in [2.24, 2.45) is 7.05 Å². The van der Waals surface area contributed by atoms with E-state index < -0.39 is 11.9 Å². The summed E-state index contributed by atoms with van der Waals surface area (Å²) in [5.41, 5.74) is 0.173.